The zero-order valence-electron chi connectivity index (χ0n) is 12.6. The molecule has 0 aliphatic carbocycles. The lowest BCUT2D eigenvalue weighted by molar-refractivity contribution is -0.149. The number of aliphatic carboxylic acids is 1. The summed E-state index contributed by atoms with van der Waals surface area (Å²) in [4.78, 5) is 22.3. The molecule has 0 bridgehead atoms. The summed E-state index contributed by atoms with van der Waals surface area (Å²) in [6, 6.07) is 0. The van der Waals surface area contributed by atoms with Gasteiger partial charge in [-0.25, -0.2) is 4.79 Å². The average Bonchev–Trinajstić information content (AvgIpc) is 2.46. The third-order valence-corrected chi connectivity index (χ3v) is 3.57. The van der Waals surface area contributed by atoms with E-state index in [-0.39, 0.29) is 12.5 Å². The number of aliphatic hydroxyl groups excluding tert-OH is 3. The number of carbonyl (C=O) groups is 2. The van der Waals surface area contributed by atoms with Crippen LogP contribution in [0.5, 0.6) is 0 Å². The van der Waals surface area contributed by atoms with Gasteiger partial charge in [0.1, 0.15) is 18.3 Å². The Morgan fingerprint density at radius 1 is 1.41 bits per heavy atom. The highest BCUT2D eigenvalue weighted by Crippen LogP contribution is 2.27. The SMILES string of the molecule is CCCC(=O)NC[C@H](O)[C@H](O)C1OC(C(=O)O)=CC(O)[C@H]1C. The Balaban J connectivity index is 2.66. The second kappa shape index (κ2) is 8.11. The molecule has 0 saturated carbocycles. The fraction of sp³-hybridized carbons (Fsp3) is 0.714. The van der Waals surface area contributed by atoms with Crippen molar-refractivity contribution in [3.63, 3.8) is 0 Å². The van der Waals surface area contributed by atoms with Crippen LogP contribution in [0.2, 0.25) is 0 Å². The van der Waals surface area contributed by atoms with Gasteiger partial charge in [-0.05, 0) is 12.5 Å². The van der Waals surface area contributed by atoms with Crippen LogP contribution >= 0.6 is 0 Å². The number of hydrogen-bond acceptors (Lipinski definition) is 6. The van der Waals surface area contributed by atoms with Gasteiger partial charge in [-0.15, -0.1) is 0 Å². The lowest BCUT2D eigenvalue weighted by Gasteiger charge is -2.36. The van der Waals surface area contributed by atoms with E-state index in [0.29, 0.717) is 12.8 Å². The second-order valence-electron chi connectivity index (χ2n) is 5.38. The number of nitrogens with one attached hydrogen (secondary N) is 1. The first-order valence-corrected chi connectivity index (χ1v) is 7.20. The third kappa shape index (κ3) is 4.69. The molecule has 126 valence electrons. The minimum Gasteiger partial charge on any atom is -0.480 e. The Labute approximate surface area is 128 Å². The highest BCUT2D eigenvalue weighted by atomic mass is 16.5. The van der Waals surface area contributed by atoms with Gasteiger partial charge in [0, 0.05) is 18.9 Å². The topological polar surface area (TPSA) is 136 Å². The van der Waals surface area contributed by atoms with Crippen LogP contribution in [0.25, 0.3) is 0 Å². The van der Waals surface area contributed by atoms with E-state index < -0.39 is 42.1 Å². The Morgan fingerprint density at radius 3 is 2.59 bits per heavy atom. The summed E-state index contributed by atoms with van der Waals surface area (Å²) >= 11 is 0. The van der Waals surface area contributed by atoms with Crippen molar-refractivity contribution in [2.75, 3.05) is 6.54 Å². The van der Waals surface area contributed by atoms with Crippen LogP contribution in [-0.4, -0.2) is 63.3 Å². The molecule has 0 fully saturated rings. The zero-order valence-corrected chi connectivity index (χ0v) is 12.6. The van der Waals surface area contributed by atoms with E-state index in [0.717, 1.165) is 6.08 Å². The minimum absolute atomic E-state index is 0.186. The quantitative estimate of drug-likeness (QED) is 0.406. The van der Waals surface area contributed by atoms with Crippen LogP contribution in [0.4, 0.5) is 0 Å². The number of aliphatic hydroxyl groups is 3. The molecule has 0 aromatic heterocycles. The van der Waals surface area contributed by atoms with E-state index >= 15 is 0 Å². The first kappa shape index (κ1) is 18.4. The fourth-order valence-electron chi connectivity index (χ4n) is 2.17. The second-order valence-corrected chi connectivity index (χ2v) is 5.38. The fourth-order valence-corrected chi connectivity index (χ4v) is 2.17. The molecule has 8 heteroatoms. The lowest BCUT2D eigenvalue weighted by atomic mass is 9.89. The molecule has 0 saturated heterocycles. The number of rotatable bonds is 7. The van der Waals surface area contributed by atoms with E-state index in [2.05, 4.69) is 5.32 Å². The molecule has 0 spiro atoms. The summed E-state index contributed by atoms with van der Waals surface area (Å²) in [7, 11) is 0. The number of ether oxygens (including phenoxy) is 1. The molecule has 22 heavy (non-hydrogen) atoms. The number of hydrogen-bond donors (Lipinski definition) is 5. The van der Waals surface area contributed by atoms with Gasteiger partial charge in [0.05, 0.1) is 6.10 Å². The number of carbonyl (C=O) groups excluding carboxylic acids is 1. The standard InChI is InChI=1S/C14H23NO7/c1-3-4-11(18)15-6-9(17)12(19)13-7(2)8(16)5-10(22-13)14(20)21/h5,7-9,12-13,16-17,19H,3-4,6H2,1-2H3,(H,15,18)(H,20,21)/t7-,8?,9+,12+,13?/m1/s1. The first-order valence-electron chi connectivity index (χ1n) is 7.20. The van der Waals surface area contributed by atoms with Gasteiger partial charge in [0.15, 0.2) is 0 Å². The van der Waals surface area contributed by atoms with Crippen LogP contribution in [0.1, 0.15) is 26.7 Å². The van der Waals surface area contributed by atoms with E-state index in [1.807, 2.05) is 6.92 Å². The molecule has 0 aromatic rings. The van der Waals surface area contributed by atoms with Crippen LogP contribution in [0.3, 0.4) is 0 Å². The Morgan fingerprint density at radius 2 is 2.05 bits per heavy atom. The molecule has 5 atom stereocenters. The third-order valence-electron chi connectivity index (χ3n) is 3.57. The molecule has 2 unspecified atom stereocenters. The summed E-state index contributed by atoms with van der Waals surface area (Å²) in [6.07, 6.45) is -2.98. The van der Waals surface area contributed by atoms with Gasteiger partial charge in [-0.2, -0.15) is 0 Å². The number of amides is 1. The minimum atomic E-state index is -1.45. The summed E-state index contributed by atoms with van der Waals surface area (Å²) in [5.41, 5.74) is 0. The normalized spacial score (nSPS) is 27.3. The Kier molecular flexibility index (Phi) is 6.79. The van der Waals surface area contributed by atoms with Crippen LogP contribution in [-0.2, 0) is 14.3 Å². The van der Waals surface area contributed by atoms with Crippen molar-refractivity contribution in [2.45, 2.75) is 51.1 Å². The molecule has 1 amide bonds. The van der Waals surface area contributed by atoms with Crippen molar-refractivity contribution in [3.05, 3.63) is 11.8 Å². The predicted octanol–water partition coefficient (Wildman–Crippen LogP) is -1.01. The Hall–Kier alpha value is -1.64. The largest absolute Gasteiger partial charge is 0.480 e. The molecule has 0 radical (unpaired) electrons. The molecule has 5 N–H and O–H groups in total. The van der Waals surface area contributed by atoms with Crippen LogP contribution in [0, 0.1) is 5.92 Å². The smallest absolute Gasteiger partial charge is 0.370 e. The molecule has 1 aliphatic rings. The van der Waals surface area contributed by atoms with Gasteiger partial charge >= 0.3 is 5.97 Å². The van der Waals surface area contributed by atoms with Gasteiger partial charge < -0.3 is 30.5 Å². The molecular weight excluding hydrogens is 294 g/mol. The highest BCUT2D eigenvalue weighted by Gasteiger charge is 2.40. The van der Waals surface area contributed by atoms with Crippen molar-refractivity contribution < 1.29 is 34.8 Å². The first-order chi connectivity index (χ1) is 10.3. The molecule has 8 nitrogen and oxygen atoms in total. The van der Waals surface area contributed by atoms with Crippen molar-refractivity contribution >= 4 is 11.9 Å². The van der Waals surface area contributed by atoms with Crippen LogP contribution in [0.15, 0.2) is 11.8 Å². The number of carboxylic acids is 1. The molecule has 1 aliphatic heterocycles. The van der Waals surface area contributed by atoms with E-state index in [1.165, 1.54) is 0 Å². The van der Waals surface area contributed by atoms with E-state index in [9.17, 15) is 24.9 Å². The Bertz CT molecular complexity index is 437. The van der Waals surface area contributed by atoms with Gasteiger partial charge in [-0.3, -0.25) is 4.79 Å². The summed E-state index contributed by atoms with van der Waals surface area (Å²) < 4.78 is 5.15. The van der Waals surface area contributed by atoms with Crippen molar-refractivity contribution in [2.24, 2.45) is 5.92 Å². The highest BCUT2D eigenvalue weighted by molar-refractivity contribution is 5.84. The van der Waals surface area contributed by atoms with E-state index in [1.54, 1.807) is 6.92 Å². The van der Waals surface area contributed by atoms with Crippen LogP contribution < -0.4 is 5.32 Å². The maximum absolute atomic E-state index is 11.3. The lowest BCUT2D eigenvalue weighted by Crippen LogP contribution is -2.51. The van der Waals surface area contributed by atoms with Gasteiger partial charge in [0.25, 0.3) is 0 Å². The van der Waals surface area contributed by atoms with E-state index in [4.69, 9.17) is 9.84 Å². The summed E-state index contributed by atoms with van der Waals surface area (Å²) in [5.74, 6) is -2.71. The number of carboxylic acid groups (broad SMARTS) is 1. The van der Waals surface area contributed by atoms with Crippen molar-refractivity contribution in [1.29, 1.82) is 0 Å². The average molecular weight is 317 g/mol. The van der Waals surface area contributed by atoms with Crippen molar-refractivity contribution in [3.8, 4) is 0 Å². The maximum Gasteiger partial charge on any atom is 0.370 e. The van der Waals surface area contributed by atoms with Gasteiger partial charge in [-0.1, -0.05) is 13.8 Å². The maximum atomic E-state index is 11.3. The molecule has 1 heterocycles. The summed E-state index contributed by atoms with van der Waals surface area (Å²) in [6.45, 7) is 3.22. The van der Waals surface area contributed by atoms with Gasteiger partial charge in [0.2, 0.25) is 11.7 Å². The molecule has 0 aromatic carbocycles. The summed E-state index contributed by atoms with van der Waals surface area (Å²) in [5, 5.41) is 41.2. The molecule has 1 rings (SSSR count). The zero-order chi connectivity index (χ0) is 16.9. The molecular formula is C14H23NO7. The van der Waals surface area contributed by atoms with Crippen molar-refractivity contribution in [1.82, 2.24) is 5.32 Å². The predicted molar refractivity (Wildman–Crippen MR) is 75.7 cm³/mol. The monoisotopic (exact) mass is 317 g/mol.